The average Bonchev–Trinajstić information content (AvgIpc) is 2.74. The molecule has 0 aromatic carbocycles. The largest absolute Gasteiger partial charge is 0.394 e. The van der Waals surface area contributed by atoms with Crippen LogP contribution >= 0.6 is 12.2 Å². The van der Waals surface area contributed by atoms with Gasteiger partial charge in [-0.1, -0.05) is 12.2 Å². The molecule has 0 spiro atoms. The number of aliphatic hydroxyl groups excluding tert-OH is 3. The van der Waals surface area contributed by atoms with Crippen LogP contribution in [0, 0.1) is 4.64 Å². The molecule has 0 bridgehead atoms. The summed E-state index contributed by atoms with van der Waals surface area (Å²) in [6.07, 6.45) is -1.12. The molecule has 1 saturated heterocycles. The number of rotatable bonds is 2. The number of nitrogens with zero attached hydrogens (tertiary/aromatic N) is 2. The van der Waals surface area contributed by atoms with E-state index in [0.717, 1.165) is 0 Å². The van der Waals surface area contributed by atoms with Crippen molar-refractivity contribution in [3.05, 3.63) is 39.0 Å². The summed E-state index contributed by atoms with van der Waals surface area (Å²) in [6.45, 7) is -0.414. The Balaban J connectivity index is 2.09. The Hall–Kier alpha value is -1.65. The van der Waals surface area contributed by atoms with Gasteiger partial charge in [-0.25, -0.2) is 4.98 Å². The van der Waals surface area contributed by atoms with Crippen LogP contribution in [0.4, 0.5) is 0 Å². The van der Waals surface area contributed by atoms with Gasteiger partial charge in [-0.2, -0.15) is 0 Å². The predicted octanol–water partition coefficient (Wildman–Crippen LogP) is -1.09. The maximum atomic E-state index is 11.2. The first kappa shape index (κ1) is 14.3. The molecule has 4 atom stereocenters. The van der Waals surface area contributed by atoms with Crippen LogP contribution in [-0.2, 0) is 4.74 Å². The van der Waals surface area contributed by atoms with Gasteiger partial charge in [-0.05, 0) is 0 Å². The highest BCUT2D eigenvalue weighted by atomic mass is 32.1. The van der Waals surface area contributed by atoms with Crippen LogP contribution in [0.15, 0.2) is 23.3 Å². The van der Waals surface area contributed by atoms with Crippen molar-refractivity contribution in [1.29, 1.82) is 0 Å². The maximum absolute atomic E-state index is 11.2. The molecule has 112 valence electrons. The average molecular weight is 311 g/mol. The molecule has 9 heteroatoms. The molecule has 1 aliphatic rings. The predicted molar refractivity (Wildman–Crippen MR) is 73.4 cm³/mol. The molecule has 0 saturated carbocycles. The molecule has 0 aliphatic carbocycles. The Labute approximate surface area is 123 Å². The monoisotopic (exact) mass is 311 g/mol. The molecule has 0 amide bonds. The first-order chi connectivity index (χ1) is 10.0. The van der Waals surface area contributed by atoms with Gasteiger partial charge >= 0.3 is 0 Å². The third-order valence-corrected chi connectivity index (χ3v) is 3.77. The molecule has 1 fully saturated rings. The zero-order chi connectivity index (χ0) is 15.1. The van der Waals surface area contributed by atoms with Crippen LogP contribution in [0.3, 0.4) is 0 Å². The zero-order valence-electron chi connectivity index (χ0n) is 10.7. The molecule has 1 unspecified atom stereocenters. The number of aliphatic hydroxyl groups is 3. The first-order valence-corrected chi connectivity index (χ1v) is 6.67. The van der Waals surface area contributed by atoms with Gasteiger partial charge in [0.2, 0.25) is 5.78 Å². The van der Waals surface area contributed by atoms with E-state index in [9.17, 15) is 15.0 Å². The van der Waals surface area contributed by atoms with Gasteiger partial charge in [0.1, 0.15) is 29.1 Å². The Morgan fingerprint density at radius 2 is 2.19 bits per heavy atom. The molecule has 1 aliphatic heterocycles. The van der Waals surface area contributed by atoms with E-state index in [0.29, 0.717) is 5.56 Å². The Morgan fingerprint density at radius 3 is 2.86 bits per heavy atom. The minimum absolute atomic E-state index is 0.145. The Morgan fingerprint density at radius 1 is 1.43 bits per heavy atom. The quantitative estimate of drug-likeness (QED) is 0.520. The van der Waals surface area contributed by atoms with E-state index in [1.54, 1.807) is 6.20 Å². The lowest BCUT2D eigenvalue weighted by Gasteiger charge is -2.15. The summed E-state index contributed by atoms with van der Waals surface area (Å²) in [5.74, 6) is 0.267. The van der Waals surface area contributed by atoms with Crippen molar-refractivity contribution in [2.75, 3.05) is 6.61 Å². The molecule has 3 rings (SSSR count). The van der Waals surface area contributed by atoms with Crippen molar-refractivity contribution in [3.8, 4) is 0 Å². The highest BCUT2D eigenvalue weighted by Crippen LogP contribution is 2.33. The molecule has 21 heavy (non-hydrogen) atoms. The van der Waals surface area contributed by atoms with Gasteiger partial charge in [0.15, 0.2) is 0 Å². The van der Waals surface area contributed by atoms with Crippen molar-refractivity contribution in [2.45, 2.75) is 24.4 Å². The number of ether oxygens (including phenoxy) is 1. The number of hydrogen-bond acceptors (Lipinski definition) is 7. The van der Waals surface area contributed by atoms with Crippen LogP contribution < -0.4 is 5.56 Å². The lowest BCUT2D eigenvalue weighted by molar-refractivity contribution is -0.0230. The van der Waals surface area contributed by atoms with E-state index in [2.05, 4.69) is 9.97 Å². The number of aromatic nitrogens is 3. The molecule has 3 heterocycles. The first-order valence-electron chi connectivity index (χ1n) is 6.26. The van der Waals surface area contributed by atoms with E-state index in [1.807, 2.05) is 0 Å². The van der Waals surface area contributed by atoms with Gasteiger partial charge in [-0.3, -0.25) is 14.2 Å². The third kappa shape index (κ3) is 2.39. The van der Waals surface area contributed by atoms with Crippen molar-refractivity contribution < 1.29 is 20.1 Å². The fourth-order valence-corrected chi connectivity index (χ4v) is 2.60. The zero-order valence-corrected chi connectivity index (χ0v) is 11.5. The van der Waals surface area contributed by atoms with Crippen LogP contribution in [0.5, 0.6) is 0 Å². The second kappa shape index (κ2) is 5.28. The SMILES string of the molecule is O=c1ccn2cc([C@@H]3O[C@H](CO)C(O)[C@@H]3O)c(=S)nc2[nH]1. The maximum Gasteiger partial charge on any atom is 0.252 e. The van der Waals surface area contributed by atoms with Crippen molar-refractivity contribution >= 4 is 18.0 Å². The van der Waals surface area contributed by atoms with E-state index in [-0.39, 0.29) is 16.0 Å². The van der Waals surface area contributed by atoms with Gasteiger partial charge < -0.3 is 20.1 Å². The van der Waals surface area contributed by atoms with E-state index >= 15 is 0 Å². The van der Waals surface area contributed by atoms with Crippen LogP contribution in [0.25, 0.3) is 5.78 Å². The second-order valence-electron chi connectivity index (χ2n) is 4.80. The number of fused-ring (bicyclic) bond motifs is 1. The molecule has 2 aromatic heterocycles. The lowest BCUT2D eigenvalue weighted by Crippen LogP contribution is -2.32. The molecule has 8 nitrogen and oxygen atoms in total. The highest BCUT2D eigenvalue weighted by molar-refractivity contribution is 7.71. The summed E-state index contributed by atoms with van der Waals surface area (Å²) in [5.41, 5.74) is 0.0922. The highest BCUT2D eigenvalue weighted by Gasteiger charge is 2.43. The number of aromatic amines is 1. The van der Waals surface area contributed by atoms with E-state index in [1.165, 1.54) is 16.7 Å². The molecular weight excluding hydrogens is 298 g/mol. The normalized spacial score (nSPS) is 29.1. The van der Waals surface area contributed by atoms with Crippen LogP contribution in [0.2, 0.25) is 0 Å². The lowest BCUT2D eigenvalue weighted by atomic mass is 10.0. The molecule has 0 radical (unpaired) electrons. The van der Waals surface area contributed by atoms with Gasteiger partial charge in [-0.15, -0.1) is 0 Å². The van der Waals surface area contributed by atoms with Crippen LogP contribution in [0.1, 0.15) is 11.7 Å². The number of H-pyrrole nitrogens is 1. The summed E-state index contributed by atoms with van der Waals surface area (Å²) in [4.78, 5) is 17.8. The Bertz CT molecular complexity index is 788. The van der Waals surface area contributed by atoms with Crippen molar-refractivity contribution in [2.24, 2.45) is 0 Å². The summed E-state index contributed by atoms with van der Waals surface area (Å²) < 4.78 is 7.11. The fourth-order valence-electron chi connectivity index (χ4n) is 2.34. The van der Waals surface area contributed by atoms with Gasteiger partial charge in [0, 0.05) is 24.0 Å². The summed E-state index contributed by atoms with van der Waals surface area (Å²) in [7, 11) is 0. The summed E-state index contributed by atoms with van der Waals surface area (Å²) in [5, 5.41) is 28.9. The minimum atomic E-state index is -1.22. The van der Waals surface area contributed by atoms with Crippen LogP contribution in [-0.4, -0.2) is 54.6 Å². The van der Waals surface area contributed by atoms with Crippen molar-refractivity contribution in [1.82, 2.24) is 14.4 Å². The minimum Gasteiger partial charge on any atom is -0.394 e. The summed E-state index contributed by atoms with van der Waals surface area (Å²) >= 11 is 5.14. The van der Waals surface area contributed by atoms with Gasteiger partial charge in [0.05, 0.1) is 6.61 Å². The standard InChI is InChI=1S/C12H13N3O5S/c16-4-6-8(18)9(19)10(20-6)5-3-15-2-1-7(17)13-12(15)14-11(5)21/h1-3,6,8-10,16,18-19H,4H2,(H,13,14,17,21)/t6-,8?,9+,10+/m1/s1. The number of hydrogen-bond donors (Lipinski definition) is 4. The van der Waals surface area contributed by atoms with Crippen molar-refractivity contribution in [3.63, 3.8) is 0 Å². The fraction of sp³-hybridized carbons (Fsp3) is 0.417. The van der Waals surface area contributed by atoms with E-state index < -0.39 is 31.0 Å². The second-order valence-corrected chi connectivity index (χ2v) is 5.18. The molecular formula is C12H13N3O5S. The smallest absolute Gasteiger partial charge is 0.252 e. The van der Waals surface area contributed by atoms with Gasteiger partial charge in [0.25, 0.3) is 5.56 Å². The van der Waals surface area contributed by atoms with E-state index in [4.69, 9.17) is 22.1 Å². The number of nitrogens with one attached hydrogen (secondary N) is 1. The third-order valence-electron chi connectivity index (χ3n) is 3.45. The topological polar surface area (TPSA) is 120 Å². The Kier molecular flexibility index (Phi) is 3.59. The summed E-state index contributed by atoms with van der Waals surface area (Å²) in [6, 6.07) is 1.32. The molecule has 4 N–H and O–H groups in total. The molecule has 2 aromatic rings.